The summed E-state index contributed by atoms with van der Waals surface area (Å²) in [6.45, 7) is 1.44. The van der Waals surface area contributed by atoms with Gasteiger partial charge in [0, 0.05) is 36.5 Å². The Morgan fingerprint density at radius 2 is 1.94 bits per heavy atom. The third-order valence-electron chi connectivity index (χ3n) is 5.49. The minimum absolute atomic E-state index is 0.0000950. The first kappa shape index (κ1) is 19.7. The van der Waals surface area contributed by atoms with E-state index < -0.39 is 0 Å². The van der Waals surface area contributed by atoms with Crippen molar-refractivity contribution in [1.82, 2.24) is 9.97 Å². The third-order valence-corrected chi connectivity index (χ3v) is 6.41. The number of nitrogens with zero attached hydrogens (tertiary/aromatic N) is 3. The van der Waals surface area contributed by atoms with Gasteiger partial charge in [0.1, 0.15) is 11.3 Å². The number of hydrogen-bond donors (Lipinski definition) is 1. The molecule has 158 valence electrons. The Hall–Kier alpha value is -3.26. The van der Waals surface area contributed by atoms with Gasteiger partial charge in [0.15, 0.2) is 10.7 Å². The second-order valence-electron chi connectivity index (χ2n) is 7.65. The van der Waals surface area contributed by atoms with Crippen molar-refractivity contribution in [3.63, 3.8) is 0 Å². The summed E-state index contributed by atoms with van der Waals surface area (Å²) in [6, 6.07) is 14.7. The number of benzene rings is 2. The molecule has 0 aliphatic carbocycles. The zero-order chi connectivity index (χ0) is 21.2. The molecule has 4 aromatic rings. The van der Waals surface area contributed by atoms with Crippen LogP contribution in [0.2, 0.25) is 0 Å². The molecule has 0 atom stereocenters. The molecule has 1 aliphatic rings. The smallest absolute Gasteiger partial charge is 0.298 e. The molecule has 1 fully saturated rings. The molecular weight excluding hydrogens is 415 g/mol. The average Bonchev–Trinajstić information content (AvgIpc) is 3.42. The van der Waals surface area contributed by atoms with Crippen LogP contribution in [0.25, 0.3) is 11.1 Å². The van der Waals surface area contributed by atoms with E-state index in [9.17, 15) is 9.18 Å². The molecule has 1 N–H and O–H groups in total. The quantitative estimate of drug-likeness (QED) is 0.483. The first-order valence-electron chi connectivity index (χ1n) is 10.2. The van der Waals surface area contributed by atoms with Crippen molar-refractivity contribution in [1.29, 1.82) is 0 Å². The molecule has 1 saturated heterocycles. The zero-order valence-corrected chi connectivity index (χ0v) is 17.6. The second-order valence-corrected chi connectivity index (χ2v) is 8.76. The number of carbonyl (C=O) groups excluding carboxylic acids is 1. The minimum atomic E-state index is -0.247. The fraction of sp³-hybridized carbons (Fsp3) is 0.261. The Morgan fingerprint density at radius 1 is 1.16 bits per heavy atom. The average molecular weight is 437 g/mol. The zero-order valence-electron chi connectivity index (χ0n) is 16.8. The van der Waals surface area contributed by atoms with Crippen LogP contribution in [0.4, 0.5) is 15.5 Å². The maximum Gasteiger partial charge on any atom is 0.298 e. The fourth-order valence-corrected chi connectivity index (χ4v) is 4.64. The first-order valence-corrected chi connectivity index (χ1v) is 11.1. The molecule has 8 heteroatoms. The number of thiazole rings is 1. The molecule has 0 radical (unpaired) electrons. The van der Waals surface area contributed by atoms with E-state index in [4.69, 9.17) is 4.42 Å². The van der Waals surface area contributed by atoms with Crippen LogP contribution in [0.5, 0.6) is 0 Å². The molecule has 0 unspecified atom stereocenters. The van der Waals surface area contributed by atoms with Gasteiger partial charge >= 0.3 is 0 Å². The van der Waals surface area contributed by atoms with Gasteiger partial charge in [-0.05, 0) is 42.7 Å². The summed E-state index contributed by atoms with van der Waals surface area (Å²) in [7, 11) is 0. The molecular formula is C23H21FN4O2S. The number of para-hydroxylation sites is 2. The Bertz CT molecular complexity index is 1160. The van der Waals surface area contributed by atoms with Gasteiger partial charge in [-0.2, -0.15) is 4.98 Å². The first-order chi connectivity index (χ1) is 15.1. The summed E-state index contributed by atoms with van der Waals surface area (Å²) >= 11 is 1.45. The highest BCUT2D eigenvalue weighted by molar-refractivity contribution is 7.15. The van der Waals surface area contributed by atoms with Crippen molar-refractivity contribution in [2.45, 2.75) is 19.3 Å². The number of hydrogen-bond acceptors (Lipinski definition) is 6. The lowest BCUT2D eigenvalue weighted by Gasteiger charge is -2.29. The maximum atomic E-state index is 13.1. The van der Waals surface area contributed by atoms with Crippen molar-refractivity contribution < 1.29 is 13.6 Å². The predicted octanol–water partition coefficient (Wildman–Crippen LogP) is 4.87. The Morgan fingerprint density at radius 3 is 2.71 bits per heavy atom. The maximum absolute atomic E-state index is 13.1. The van der Waals surface area contributed by atoms with Gasteiger partial charge < -0.3 is 14.6 Å². The van der Waals surface area contributed by atoms with Gasteiger partial charge in [-0.25, -0.2) is 9.37 Å². The standard InChI is InChI=1S/C23H21FN4O2S/c24-17-7-5-15(6-8-17)13-18-14-25-22(31-18)27-21(29)16-9-11-28(12-10-16)23-26-19-3-1-2-4-20(19)30-23/h1-8,14,16H,9-13H2,(H,25,27,29). The van der Waals surface area contributed by atoms with E-state index in [-0.39, 0.29) is 17.6 Å². The number of nitrogens with one attached hydrogen (secondary N) is 1. The number of amides is 1. The van der Waals surface area contributed by atoms with Crippen LogP contribution in [-0.2, 0) is 11.2 Å². The molecule has 0 bridgehead atoms. The van der Waals surface area contributed by atoms with Crippen molar-refractivity contribution in [2.75, 3.05) is 23.3 Å². The summed E-state index contributed by atoms with van der Waals surface area (Å²) in [5, 5.41) is 3.55. The molecule has 31 heavy (non-hydrogen) atoms. The lowest BCUT2D eigenvalue weighted by Crippen LogP contribution is -2.38. The fourth-order valence-electron chi connectivity index (χ4n) is 3.79. The normalized spacial score (nSPS) is 14.8. The van der Waals surface area contributed by atoms with Gasteiger partial charge in [-0.3, -0.25) is 4.79 Å². The van der Waals surface area contributed by atoms with Crippen LogP contribution in [0.15, 0.2) is 59.1 Å². The number of rotatable bonds is 5. The molecule has 6 nitrogen and oxygen atoms in total. The SMILES string of the molecule is O=C(Nc1ncc(Cc2ccc(F)cc2)s1)C1CCN(c2nc3ccccc3o2)CC1. The number of halogens is 1. The number of anilines is 2. The van der Waals surface area contributed by atoms with E-state index in [1.807, 2.05) is 24.3 Å². The number of aromatic nitrogens is 2. The monoisotopic (exact) mass is 436 g/mol. The molecule has 2 aromatic heterocycles. The molecule has 1 aliphatic heterocycles. The third kappa shape index (κ3) is 4.44. The van der Waals surface area contributed by atoms with Crippen molar-refractivity contribution in [3.05, 3.63) is 71.0 Å². The molecule has 5 rings (SSSR count). The van der Waals surface area contributed by atoms with E-state index in [2.05, 4.69) is 20.2 Å². The van der Waals surface area contributed by atoms with Crippen LogP contribution in [0.3, 0.4) is 0 Å². The topological polar surface area (TPSA) is 71.3 Å². The number of fused-ring (bicyclic) bond motifs is 1. The number of piperidine rings is 1. The van der Waals surface area contributed by atoms with E-state index >= 15 is 0 Å². The van der Waals surface area contributed by atoms with Crippen molar-refractivity contribution in [2.24, 2.45) is 5.92 Å². The highest BCUT2D eigenvalue weighted by Gasteiger charge is 2.27. The van der Waals surface area contributed by atoms with Crippen LogP contribution < -0.4 is 10.2 Å². The van der Waals surface area contributed by atoms with E-state index in [0.717, 1.165) is 47.5 Å². The van der Waals surface area contributed by atoms with Gasteiger partial charge in [-0.1, -0.05) is 24.3 Å². The Labute approximate surface area is 182 Å². The molecule has 0 saturated carbocycles. The van der Waals surface area contributed by atoms with E-state index in [1.54, 1.807) is 18.3 Å². The van der Waals surface area contributed by atoms with Gasteiger partial charge in [0.25, 0.3) is 6.01 Å². The largest absolute Gasteiger partial charge is 0.423 e. The number of carbonyl (C=O) groups is 1. The van der Waals surface area contributed by atoms with E-state index in [1.165, 1.54) is 23.5 Å². The van der Waals surface area contributed by atoms with Gasteiger partial charge in [0.2, 0.25) is 5.91 Å². The number of oxazole rings is 1. The van der Waals surface area contributed by atoms with Crippen molar-refractivity contribution in [3.8, 4) is 0 Å². The van der Waals surface area contributed by atoms with Gasteiger partial charge in [0.05, 0.1) is 0 Å². The summed E-state index contributed by atoms with van der Waals surface area (Å²) in [5.74, 6) is -0.312. The summed E-state index contributed by atoms with van der Waals surface area (Å²) in [4.78, 5) is 24.7. The van der Waals surface area contributed by atoms with Gasteiger partial charge in [-0.15, -0.1) is 11.3 Å². The van der Waals surface area contributed by atoms with Crippen LogP contribution in [-0.4, -0.2) is 29.0 Å². The summed E-state index contributed by atoms with van der Waals surface area (Å²) < 4.78 is 18.9. The lowest BCUT2D eigenvalue weighted by atomic mass is 9.96. The summed E-state index contributed by atoms with van der Waals surface area (Å²) in [5.41, 5.74) is 2.63. The Kier molecular flexibility index (Phi) is 5.38. The minimum Gasteiger partial charge on any atom is -0.423 e. The highest BCUT2D eigenvalue weighted by Crippen LogP contribution is 2.28. The predicted molar refractivity (Wildman–Crippen MR) is 119 cm³/mol. The molecule has 1 amide bonds. The molecule has 3 heterocycles. The Balaban J connectivity index is 1.15. The van der Waals surface area contributed by atoms with Crippen molar-refractivity contribution >= 4 is 39.5 Å². The van der Waals surface area contributed by atoms with Crippen LogP contribution >= 0.6 is 11.3 Å². The highest BCUT2D eigenvalue weighted by atomic mass is 32.1. The van der Waals surface area contributed by atoms with E-state index in [0.29, 0.717) is 17.6 Å². The second kappa shape index (κ2) is 8.47. The summed E-state index contributed by atoms with van der Waals surface area (Å²) in [6.07, 6.45) is 3.90. The van der Waals surface area contributed by atoms with Crippen LogP contribution in [0, 0.1) is 11.7 Å². The molecule has 0 spiro atoms. The van der Waals surface area contributed by atoms with Crippen LogP contribution in [0.1, 0.15) is 23.3 Å². The molecule has 2 aromatic carbocycles. The lowest BCUT2D eigenvalue weighted by molar-refractivity contribution is -0.120.